The molecular formula is C11H21N3O2S. The number of aromatic nitrogens is 2. The summed E-state index contributed by atoms with van der Waals surface area (Å²) in [6.07, 6.45) is 4.12. The van der Waals surface area contributed by atoms with Gasteiger partial charge in [0, 0.05) is 37.7 Å². The summed E-state index contributed by atoms with van der Waals surface area (Å²) in [6.45, 7) is 4.60. The third-order valence-corrected chi connectivity index (χ3v) is 3.63. The van der Waals surface area contributed by atoms with Crippen LogP contribution >= 0.6 is 0 Å². The topological polar surface area (TPSA) is 64.0 Å². The van der Waals surface area contributed by atoms with Gasteiger partial charge in [-0.2, -0.15) is 5.10 Å². The standard InChI is InChI=1S/C11H21N3O2S/c1-5-11-10(7-14(3)13-11)6-12-9(2)8-17(4,15)16/h7,9,12H,5-6,8H2,1-4H3. The van der Waals surface area contributed by atoms with Crippen LogP contribution in [0.25, 0.3) is 0 Å². The van der Waals surface area contributed by atoms with E-state index >= 15 is 0 Å². The highest BCUT2D eigenvalue weighted by atomic mass is 32.2. The zero-order chi connectivity index (χ0) is 13.1. The molecule has 1 aromatic rings. The monoisotopic (exact) mass is 259 g/mol. The van der Waals surface area contributed by atoms with E-state index in [1.165, 1.54) is 6.26 Å². The van der Waals surface area contributed by atoms with Gasteiger partial charge in [-0.25, -0.2) is 8.42 Å². The predicted molar refractivity (Wildman–Crippen MR) is 68.6 cm³/mol. The van der Waals surface area contributed by atoms with Crippen molar-refractivity contribution < 1.29 is 8.42 Å². The van der Waals surface area contributed by atoms with Gasteiger partial charge < -0.3 is 5.32 Å². The first-order chi connectivity index (χ1) is 7.81. The van der Waals surface area contributed by atoms with E-state index in [0.29, 0.717) is 6.54 Å². The van der Waals surface area contributed by atoms with Gasteiger partial charge in [0.2, 0.25) is 0 Å². The Morgan fingerprint density at radius 2 is 2.18 bits per heavy atom. The quantitative estimate of drug-likeness (QED) is 0.808. The number of rotatable bonds is 6. The Kier molecular flexibility index (Phi) is 4.70. The largest absolute Gasteiger partial charge is 0.309 e. The summed E-state index contributed by atoms with van der Waals surface area (Å²) in [5.74, 6) is 0.161. The van der Waals surface area contributed by atoms with Gasteiger partial charge in [0.1, 0.15) is 9.84 Å². The Balaban J connectivity index is 2.55. The Bertz CT molecular complexity index is 465. The van der Waals surface area contributed by atoms with Crippen molar-refractivity contribution in [2.24, 2.45) is 7.05 Å². The molecule has 0 aliphatic heterocycles. The van der Waals surface area contributed by atoms with Crippen molar-refractivity contribution in [3.63, 3.8) is 0 Å². The van der Waals surface area contributed by atoms with Gasteiger partial charge in [-0.3, -0.25) is 4.68 Å². The Labute approximate surface area is 103 Å². The maximum Gasteiger partial charge on any atom is 0.148 e. The van der Waals surface area contributed by atoms with Crippen LogP contribution in [-0.2, 0) is 29.9 Å². The highest BCUT2D eigenvalue weighted by Gasteiger charge is 2.11. The van der Waals surface area contributed by atoms with Crippen molar-refractivity contribution in [3.05, 3.63) is 17.5 Å². The first-order valence-electron chi connectivity index (χ1n) is 5.74. The first kappa shape index (κ1) is 14.2. The minimum Gasteiger partial charge on any atom is -0.309 e. The fourth-order valence-electron chi connectivity index (χ4n) is 1.83. The summed E-state index contributed by atoms with van der Waals surface area (Å²) in [7, 11) is -1.03. The molecule has 6 heteroatoms. The van der Waals surface area contributed by atoms with E-state index in [0.717, 1.165) is 17.7 Å². The lowest BCUT2D eigenvalue weighted by atomic mass is 10.2. The summed E-state index contributed by atoms with van der Waals surface area (Å²) in [6, 6.07) is -0.0464. The van der Waals surface area contributed by atoms with E-state index in [2.05, 4.69) is 17.3 Å². The first-order valence-corrected chi connectivity index (χ1v) is 7.80. The Hall–Kier alpha value is -0.880. The van der Waals surface area contributed by atoms with Crippen LogP contribution in [-0.4, -0.2) is 36.2 Å². The summed E-state index contributed by atoms with van der Waals surface area (Å²) >= 11 is 0. The van der Waals surface area contributed by atoms with Gasteiger partial charge in [0.05, 0.1) is 11.4 Å². The summed E-state index contributed by atoms with van der Waals surface area (Å²) in [5.41, 5.74) is 2.20. The molecule has 0 amide bonds. The molecule has 0 saturated carbocycles. The number of aryl methyl sites for hydroxylation is 2. The molecule has 1 aromatic heterocycles. The molecule has 0 spiro atoms. The molecule has 0 fully saturated rings. The van der Waals surface area contributed by atoms with Crippen LogP contribution in [0.15, 0.2) is 6.20 Å². The predicted octanol–water partition coefficient (Wildman–Crippen LogP) is 0.505. The van der Waals surface area contributed by atoms with Crippen molar-refractivity contribution in [1.82, 2.24) is 15.1 Å². The Morgan fingerprint density at radius 1 is 1.53 bits per heavy atom. The molecule has 0 bridgehead atoms. The maximum atomic E-state index is 11.1. The van der Waals surface area contributed by atoms with Crippen LogP contribution in [0.5, 0.6) is 0 Å². The smallest absolute Gasteiger partial charge is 0.148 e. The number of hydrogen-bond donors (Lipinski definition) is 1. The molecule has 1 unspecified atom stereocenters. The summed E-state index contributed by atoms with van der Waals surface area (Å²) in [5, 5.41) is 7.55. The van der Waals surface area contributed by atoms with Gasteiger partial charge in [0.15, 0.2) is 0 Å². The highest BCUT2D eigenvalue weighted by Crippen LogP contribution is 2.07. The fourth-order valence-corrected chi connectivity index (χ4v) is 2.85. The SMILES string of the molecule is CCc1nn(C)cc1CNC(C)CS(C)(=O)=O. The normalized spacial score (nSPS) is 13.9. The van der Waals surface area contributed by atoms with Crippen molar-refractivity contribution in [1.29, 1.82) is 0 Å². The van der Waals surface area contributed by atoms with Gasteiger partial charge in [-0.1, -0.05) is 6.92 Å². The van der Waals surface area contributed by atoms with E-state index < -0.39 is 9.84 Å². The fraction of sp³-hybridized carbons (Fsp3) is 0.727. The number of sulfone groups is 1. The zero-order valence-corrected chi connectivity index (χ0v) is 11.7. The van der Waals surface area contributed by atoms with Gasteiger partial charge in [-0.05, 0) is 13.3 Å². The van der Waals surface area contributed by atoms with Gasteiger partial charge in [-0.15, -0.1) is 0 Å². The van der Waals surface area contributed by atoms with Crippen LogP contribution in [0.1, 0.15) is 25.1 Å². The molecule has 17 heavy (non-hydrogen) atoms. The maximum absolute atomic E-state index is 11.1. The molecule has 5 nitrogen and oxygen atoms in total. The van der Waals surface area contributed by atoms with Crippen LogP contribution in [0, 0.1) is 0 Å². The van der Waals surface area contributed by atoms with Crippen LogP contribution in [0.3, 0.4) is 0 Å². The molecular weight excluding hydrogens is 238 g/mol. The molecule has 0 radical (unpaired) electrons. The average molecular weight is 259 g/mol. The highest BCUT2D eigenvalue weighted by molar-refractivity contribution is 7.90. The molecule has 0 aliphatic carbocycles. The minimum absolute atomic E-state index is 0.0464. The molecule has 0 saturated heterocycles. The second kappa shape index (κ2) is 5.64. The summed E-state index contributed by atoms with van der Waals surface area (Å²) < 4.78 is 24.0. The van der Waals surface area contributed by atoms with E-state index in [4.69, 9.17) is 0 Å². The van der Waals surface area contributed by atoms with Crippen molar-refractivity contribution in [2.45, 2.75) is 32.9 Å². The third-order valence-electron chi connectivity index (χ3n) is 2.52. The van der Waals surface area contributed by atoms with E-state index in [9.17, 15) is 8.42 Å². The second-order valence-electron chi connectivity index (χ2n) is 4.50. The molecule has 1 atom stereocenters. The number of hydrogen-bond acceptors (Lipinski definition) is 4. The van der Waals surface area contributed by atoms with Crippen LogP contribution in [0.2, 0.25) is 0 Å². The molecule has 1 rings (SSSR count). The molecule has 0 aliphatic rings. The lowest BCUT2D eigenvalue weighted by Gasteiger charge is -2.12. The molecule has 1 heterocycles. The molecule has 98 valence electrons. The zero-order valence-electron chi connectivity index (χ0n) is 10.9. The number of nitrogens with zero attached hydrogens (tertiary/aromatic N) is 2. The second-order valence-corrected chi connectivity index (χ2v) is 6.69. The van der Waals surface area contributed by atoms with E-state index in [-0.39, 0.29) is 11.8 Å². The lowest BCUT2D eigenvalue weighted by Crippen LogP contribution is -2.32. The van der Waals surface area contributed by atoms with Crippen LogP contribution in [0.4, 0.5) is 0 Å². The molecule has 0 aromatic carbocycles. The number of nitrogens with one attached hydrogen (secondary N) is 1. The molecule has 1 N–H and O–H groups in total. The van der Waals surface area contributed by atoms with Crippen molar-refractivity contribution >= 4 is 9.84 Å². The van der Waals surface area contributed by atoms with E-state index in [1.807, 2.05) is 20.2 Å². The third kappa shape index (κ3) is 4.87. The van der Waals surface area contributed by atoms with Crippen molar-refractivity contribution in [2.75, 3.05) is 12.0 Å². The minimum atomic E-state index is -2.92. The average Bonchev–Trinajstić information content (AvgIpc) is 2.53. The van der Waals surface area contributed by atoms with E-state index in [1.54, 1.807) is 4.68 Å². The van der Waals surface area contributed by atoms with Crippen LogP contribution < -0.4 is 5.32 Å². The van der Waals surface area contributed by atoms with Gasteiger partial charge >= 0.3 is 0 Å². The lowest BCUT2D eigenvalue weighted by molar-refractivity contribution is 0.559. The van der Waals surface area contributed by atoms with Crippen molar-refractivity contribution in [3.8, 4) is 0 Å². The summed E-state index contributed by atoms with van der Waals surface area (Å²) in [4.78, 5) is 0. The van der Waals surface area contributed by atoms with Gasteiger partial charge in [0.25, 0.3) is 0 Å². The Morgan fingerprint density at radius 3 is 2.71 bits per heavy atom.